The Morgan fingerprint density at radius 2 is 1.72 bits per heavy atom. The molecule has 1 spiro atoms. The smallest absolute Gasteiger partial charge is 0.406 e. The number of ketones is 1. The third-order valence-corrected chi connectivity index (χ3v) is 8.23. The molecule has 0 aliphatic carbocycles. The number of fused-ring (bicyclic) bond motifs is 1. The maximum atomic E-state index is 14.0. The lowest BCUT2D eigenvalue weighted by Crippen LogP contribution is -2.57. The third kappa shape index (κ3) is 5.54. The first-order valence-electron chi connectivity index (χ1n) is 12.7. The van der Waals surface area contributed by atoms with Gasteiger partial charge in [0.05, 0.1) is 11.5 Å². The lowest BCUT2D eigenvalue weighted by molar-refractivity contribution is -0.274. The van der Waals surface area contributed by atoms with Crippen LogP contribution in [0.2, 0.25) is 0 Å². The molecule has 2 heterocycles. The van der Waals surface area contributed by atoms with E-state index in [2.05, 4.69) is 30.9 Å². The van der Waals surface area contributed by atoms with Crippen molar-refractivity contribution >= 4 is 27.4 Å². The van der Waals surface area contributed by atoms with E-state index in [1.807, 2.05) is 13.0 Å². The highest BCUT2D eigenvalue weighted by atomic mass is 79.9. The summed E-state index contributed by atoms with van der Waals surface area (Å²) in [6, 6.07) is 14.7. The van der Waals surface area contributed by atoms with Crippen LogP contribution >= 0.6 is 15.9 Å². The minimum atomic E-state index is -4.81. The standard InChI is InChI=1S/C29H26BrF5N2O2/c1-2-25(18-5-10-22(31)23(32)15-18)37-13-11-28(12-14-37)26(17-3-7-20(8-4-17)39-29(33,34)35)27(38)21-9-6-19(30)16-24(21)36-28/h3-10,15-16,25-26,36H,2,11-14H2,1H3. The summed E-state index contributed by atoms with van der Waals surface area (Å²) in [6.07, 6.45) is -3.02. The van der Waals surface area contributed by atoms with Crippen molar-refractivity contribution in [2.45, 2.75) is 50.0 Å². The lowest BCUT2D eigenvalue weighted by Gasteiger charge is -2.51. The number of likely N-dealkylation sites (tertiary alicyclic amines) is 1. The van der Waals surface area contributed by atoms with E-state index < -0.39 is 29.5 Å². The van der Waals surface area contributed by atoms with Gasteiger partial charge in [-0.05, 0) is 72.9 Å². The molecule has 0 aromatic heterocycles. The molecule has 2 aliphatic rings. The third-order valence-electron chi connectivity index (χ3n) is 7.74. The first kappa shape index (κ1) is 27.6. The van der Waals surface area contributed by atoms with E-state index in [0.717, 1.165) is 10.5 Å². The Bertz CT molecular complexity index is 1370. The molecule has 4 nitrogen and oxygen atoms in total. The fourth-order valence-electron chi connectivity index (χ4n) is 5.99. The van der Waals surface area contributed by atoms with E-state index in [-0.39, 0.29) is 17.6 Å². The van der Waals surface area contributed by atoms with Crippen LogP contribution in [0, 0.1) is 11.6 Å². The molecule has 0 saturated carbocycles. The fourth-order valence-corrected chi connectivity index (χ4v) is 6.35. The predicted octanol–water partition coefficient (Wildman–Crippen LogP) is 8.00. The second kappa shape index (κ2) is 10.5. The van der Waals surface area contributed by atoms with Crippen LogP contribution in [0.5, 0.6) is 5.75 Å². The van der Waals surface area contributed by atoms with Crippen LogP contribution in [0.25, 0.3) is 0 Å². The second-order valence-corrected chi connectivity index (χ2v) is 10.9. The zero-order valence-electron chi connectivity index (χ0n) is 21.0. The molecular weight excluding hydrogens is 583 g/mol. The molecule has 0 amide bonds. The van der Waals surface area contributed by atoms with Gasteiger partial charge in [-0.25, -0.2) is 8.78 Å². The van der Waals surface area contributed by atoms with Crippen LogP contribution in [0.4, 0.5) is 27.6 Å². The maximum absolute atomic E-state index is 14.0. The lowest BCUT2D eigenvalue weighted by atomic mass is 9.67. The molecule has 2 atom stereocenters. The van der Waals surface area contributed by atoms with E-state index in [1.54, 1.807) is 18.2 Å². The van der Waals surface area contributed by atoms with Crippen molar-refractivity contribution in [3.05, 3.63) is 93.5 Å². The highest BCUT2D eigenvalue weighted by molar-refractivity contribution is 9.10. The van der Waals surface area contributed by atoms with Crippen LogP contribution in [0.1, 0.15) is 59.6 Å². The van der Waals surface area contributed by atoms with Crippen molar-refractivity contribution in [1.82, 2.24) is 4.90 Å². The van der Waals surface area contributed by atoms with Crippen LogP contribution in [0.15, 0.2) is 65.1 Å². The Balaban J connectivity index is 1.46. The number of piperidine rings is 1. The number of nitrogens with one attached hydrogen (secondary N) is 1. The molecule has 0 radical (unpaired) electrons. The monoisotopic (exact) mass is 608 g/mol. The van der Waals surface area contributed by atoms with Gasteiger partial charge in [0.2, 0.25) is 0 Å². The average Bonchev–Trinajstić information content (AvgIpc) is 2.87. The highest BCUT2D eigenvalue weighted by Gasteiger charge is 2.50. The first-order chi connectivity index (χ1) is 18.5. The number of ether oxygens (including phenoxy) is 1. The summed E-state index contributed by atoms with van der Waals surface area (Å²) in [5.74, 6) is -2.89. The second-order valence-electron chi connectivity index (χ2n) is 10.0. The van der Waals surface area contributed by atoms with Crippen molar-refractivity contribution in [1.29, 1.82) is 0 Å². The molecule has 2 aliphatic heterocycles. The highest BCUT2D eigenvalue weighted by Crippen LogP contribution is 2.48. The number of carbonyl (C=O) groups excluding carboxylic acids is 1. The average molecular weight is 609 g/mol. The fraction of sp³-hybridized carbons (Fsp3) is 0.345. The summed E-state index contributed by atoms with van der Waals surface area (Å²) in [5, 5.41) is 3.62. The molecule has 206 valence electrons. The Labute approximate surface area is 231 Å². The molecule has 3 aromatic carbocycles. The number of benzene rings is 3. The number of hydrogen-bond donors (Lipinski definition) is 1. The zero-order chi connectivity index (χ0) is 27.9. The minimum Gasteiger partial charge on any atom is -0.406 e. The molecule has 0 bridgehead atoms. The van der Waals surface area contributed by atoms with Crippen molar-refractivity contribution in [3.8, 4) is 5.75 Å². The van der Waals surface area contributed by atoms with E-state index in [1.165, 1.54) is 30.3 Å². The Morgan fingerprint density at radius 3 is 2.33 bits per heavy atom. The van der Waals surface area contributed by atoms with Gasteiger partial charge < -0.3 is 10.1 Å². The van der Waals surface area contributed by atoms with Gasteiger partial charge in [0.25, 0.3) is 0 Å². The molecule has 1 N–H and O–H groups in total. The number of rotatable bonds is 5. The van der Waals surface area contributed by atoms with Crippen molar-refractivity contribution in [2.24, 2.45) is 0 Å². The van der Waals surface area contributed by atoms with Crippen molar-refractivity contribution in [3.63, 3.8) is 0 Å². The van der Waals surface area contributed by atoms with Gasteiger partial charge in [-0.2, -0.15) is 0 Å². The summed E-state index contributed by atoms with van der Waals surface area (Å²) in [6.45, 7) is 3.14. The van der Waals surface area contributed by atoms with Gasteiger partial charge in [0.15, 0.2) is 17.4 Å². The molecule has 1 fully saturated rings. The van der Waals surface area contributed by atoms with Gasteiger partial charge >= 0.3 is 6.36 Å². The Kier molecular flexibility index (Phi) is 7.45. The minimum absolute atomic E-state index is 0.109. The topological polar surface area (TPSA) is 41.6 Å². The molecule has 5 rings (SSSR count). The SMILES string of the molecule is CCC(c1ccc(F)c(F)c1)N1CCC2(CC1)Nc1cc(Br)ccc1C(=O)C2c1ccc(OC(F)(F)F)cc1. The summed E-state index contributed by atoms with van der Waals surface area (Å²) in [7, 11) is 0. The maximum Gasteiger partial charge on any atom is 0.573 e. The molecule has 3 aromatic rings. The van der Waals surface area contributed by atoms with E-state index in [9.17, 15) is 26.7 Å². The van der Waals surface area contributed by atoms with Gasteiger partial charge in [-0.1, -0.05) is 41.1 Å². The van der Waals surface area contributed by atoms with Crippen LogP contribution in [-0.4, -0.2) is 35.7 Å². The summed E-state index contributed by atoms with van der Waals surface area (Å²) < 4.78 is 70.5. The van der Waals surface area contributed by atoms with E-state index in [4.69, 9.17) is 0 Å². The molecule has 10 heteroatoms. The Morgan fingerprint density at radius 1 is 1.03 bits per heavy atom. The molecule has 2 unspecified atom stereocenters. The number of alkyl halides is 3. The Hall–Kier alpha value is -2.98. The van der Waals surface area contributed by atoms with Crippen LogP contribution in [-0.2, 0) is 0 Å². The van der Waals surface area contributed by atoms with Crippen molar-refractivity contribution < 1.29 is 31.5 Å². The van der Waals surface area contributed by atoms with Gasteiger partial charge in [0, 0.05) is 34.9 Å². The van der Waals surface area contributed by atoms with Crippen LogP contribution < -0.4 is 10.1 Å². The van der Waals surface area contributed by atoms with Crippen molar-refractivity contribution in [2.75, 3.05) is 18.4 Å². The van der Waals surface area contributed by atoms with E-state index >= 15 is 0 Å². The summed E-state index contributed by atoms with van der Waals surface area (Å²) in [5.41, 5.74) is 1.80. The van der Waals surface area contributed by atoms with Gasteiger partial charge in [-0.15, -0.1) is 13.2 Å². The number of hydrogen-bond acceptors (Lipinski definition) is 4. The molecule has 1 saturated heterocycles. The number of Topliss-reactive ketones (excluding diaryl/α,β-unsaturated/α-hetero) is 1. The van der Waals surface area contributed by atoms with Gasteiger partial charge in [0.1, 0.15) is 5.75 Å². The zero-order valence-corrected chi connectivity index (χ0v) is 22.6. The molecule has 39 heavy (non-hydrogen) atoms. The number of halogens is 6. The van der Waals surface area contributed by atoms with Crippen LogP contribution in [0.3, 0.4) is 0 Å². The molecular formula is C29H26BrF5N2O2. The number of carbonyl (C=O) groups is 1. The normalized spacial score (nSPS) is 19.9. The summed E-state index contributed by atoms with van der Waals surface area (Å²) in [4.78, 5) is 16.1. The quantitative estimate of drug-likeness (QED) is 0.298. The number of anilines is 1. The van der Waals surface area contributed by atoms with E-state index in [0.29, 0.717) is 54.7 Å². The first-order valence-corrected chi connectivity index (χ1v) is 13.5. The largest absolute Gasteiger partial charge is 0.573 e. The number of nitrogens with zero attached hydrogens (tertiary/aromatic N) is 1. The van der Waals surface area contributed by atoms with Gasteiger partial charge in [-0.3, -0.25) is 9.69 Å². The predicted molar refractivity (Wildman–Crippen MR) is 141 cm³/mol. The summed E-state index contributed by atoms with van der Waals surface area (Å²) >= 11 is 3.47.